The fourth-order valence-corrected chi connectivity index (χ4v) is 3.43. The second-order valence-electron chi connectivity index (χ2n) is 5.49. The van der Waals surface area contributed by atoms with Gasteiger partial charge in [0.15, 0.2) is 0 Å². The lowest BCUT2D eigenvalue weighted by atomic mass is 10.0. The van der Waals surface area contributed by atoms with Crippen LogP contribution in [0, 0.1) is 0 Å². The van der Waals surface area contributed by atoms with E-state index in [1.165, 1.54) is 43.5 Å². The van der Waals surface area contributed by atoms with Crippen LogP contribution in [0.5, 0.6) is 0 Å². The van der Waals surface area contributed by atoms with Crippen LogP contribution in [0.25, 0.3) is 0 Å². The van der Waals surface area contributed by atoms with Crippen LogP contribution in [0.1, 0.15) is 61.7 Å². The van der Waals surface area contributed by atoms with Gasteiger partial charge in [-0.15, -0.1) is 0 Å². The predicted molar refractivity (Wildman–Crippen MR) is 67.7 cm³/mol. The van der Waals surface area contributed by atoms with Crippen molar-refractivity contribution in [1.82, 2.24) is 9.55 Å². The van der Waals surface area contributed by atoms with Gasteiger partial charge in [0.1, 0.15) is 5.82 Å². The average Bonchev–Trinajstić information content (AvgIpc) is 3.04. The number of rotatable bonds is 4. The van der Waals surface area contributed by atoms with Crippen molar-refractivity contribution in [2.24, 2.45) is 0 Å². The van der Waals surface area contributed by atoms with Gasteiger partial charge in [0.05, 0.1) is 12.1 Å². The standard InChI is InChI=1S/C14H20N2O2/c17-13(18)8-7-12-15-14(10-4-1-2-5-10)11-6-3-9-16(11)12/h10H,1-9H2,(H,17,18). The highest BCUT2D eigenvalue weighted by Crippen LogP contribution is 2.37. The molecule has 0 atom stereocenters. The number of carboxylic acid groups (broad SMARTS) is 1. The Hall–Kier alpha value is -1.32. The van der Waals surface area contributed by atoms with Crippen LogP contribution in [0.15, 0.2) is 0 Å². The summed E-state index contributed by atoms with van der Waals surface area (Å²) in [6.45, 7) is 1.03. The Labute approximate surface area is 107 Å². The molecule has 0 radical (unpaired) electrons. The summed E-state index contributed by atoms with van der Waals surface area (Å²) in [7, 11) is 0. The van der Waals surface area contributed by atoms with E-state index in [0.29, 0.717) is 12.3 Å². The Morgan fingerprint density at radius 1 is 1.33 bits per heavy atom. The first-order valence-electron chi connectivity index (χ1n) is 7.05. The number of imidazole rings is 1. The fraction of sp³-hybridized carbons (Fsp3) is 0.714. The molecule has 18 heavy (non-hydrogen) atoms. The molecule has 4 heteroatoms. The maximum Gasteiger partial charge on any atom is 0.303 e. The van der Waals surface area contributed by atoms with Crippen LogP contribution in [0.3, 0.4) is 0 Å². The van der Waals surface area contributed by atoms with Crippen LogP contribution < -0.4 is 0 Å². The van der Waals surface area contributed by atoms with Crippen LogP contribution >= 0.6 is 0 Å². The fourth-order valence-electron chi connectivity index (χ4n) is 3.43. The van der Waals surface area contributed by atoms with E-state index in [-0.39, 0.29) is 6.42 Å². The maximum absolute atomic E-state index is 10.7. The number of aliphatic carboxylic acids is 1. The highest BCUT2D eigenvalue weighted by atomic mass is 16.4. The molecule has 98 valence electrons. The van der Waals surface area contributed by atoms with Crippen LogP contribution in [0.4, 0.5) is 0 Å². The number of aryl methyl sites for hydroxylation is 1. The summed E-state index contributed by atoms with van der Waals surface area (Å²) in [4.78, 5) is 15.5. The van der Waals surface area contributed by atoms with E-state index >= 15 is 0 Å². The Kier molecular flexibility index (Phi) is 3.10. The molecule has 1 aliphatic carbocycles. The molecule has 1 saturated carbocycles. The van der Waals surface area contributed by atoms with Gasteiger partial charge >= 0.3 is 5.97 Å². The number of nitrogens with zero attached hydrogens (tertiary/aromatic N) is 2. The van der Waals surface area contributed by atoms with Gasteiger partial charge in [0.25, 0.3) is 0 Å². The summed E-state index contributed by atoms with van der Waals surface area (Å²) in [6.07, 6.45) is 8.27. The zero-order chi connectivity index (χ0) is 12.5. The molecule has 0 aromatic carbocycles. The zero-order valence-electron chi connectivity index (χ0n) is 10.7. The number of carboxylic acids is 1. The third kappa shape index (κ3) is 2.04. The lowest BCUT2D eigenvalue weighted by Crippen LogP contribution is -2.04. The highest BCUT2D eigenvalue weighted by molar-refractivity contribution is 5.66. The van der Waals surface area contributed by atoms with Gasteiger partial charge in [0, 0.05) is 24.6 Å². The molecule has 1 aliphatic heterocycles. The van der Waals surface area contributed by atoms with Gasteiger partial charge in [-0.2, -0.15) is 0 Å². The first-order valence-corrected chi connectivity index (χ1v) is 7.05. The first-order chi connectivity index (χ1) is 8.75. The topological polar surface area (TPSA) is 55.1 Å². The smallest absolute Gasteiger partial charge is 0.303 e. The number of hydrogen-bond donors (Lipinski definition) is 1. The Bertz CT molecular complexity index is 459. The quantitative estimate of drug-likeness (QED) is 0.890. The number of aromatic nitrogens is 2. The van der Waals surface area contributed by atoms with Gasteiger partial charge in [-0.1, -0.05) is 12.8 Å². The summed E-state index contributed by atoms with van der Waals surface area (Å²) < 4.78 is 2.29. The number of hydrogen-bond acceptors (Lipinski definition) is 2. The molecular weight excluding hydrogens is 228 g/mol. The SMILES string of the molecule is O=C(O)CCc1nc(C2CCCC2)c2n1CCC2. The third-order valence-electron chi connectivity index (χ3n) is 4.28. The Balaban J connectivity index is 1.86. The molecule has 0 unspecified atom stereocenters. The molecule has 0 spiro atoms. The van der Waals surface area contributed by atoms with E-state index in [2.05, 4.69) is 4.57 Å². The van der Waals surface area contributed by atoms with E-state index in [9.17, 15) is 4.79 Å². The van der Waals surface area contributed by atoms with Gasteiger partial charge in [0.2, 0.25) is 0 Å². The van der Waals surface area contributed by atoms with Crippen molar-refractivity contribution in [3.05, 3.63) is 17.2 Å². The molecule has 1 fully saturated rings. The van der Waals surface area contributed by atoms with E-state index in [4.69, 9.17) is 10.1 Å². The summed E-state index contributed by atoms with van der Waals surface area (Å²) in [6, 6.07) is 0. The lowest BCUT2D eigenvalue weighted by Gasteiger charge is -2.06. The average molecular weight is 248 g/mol. The molecule has 1 N–H and O–H groups in total. The normalized spacial score (nSPS) is 19.3. The Morgan fingerprint density at radius 2 is 2.11 bits per heavy atom. The highest BCUT2D eigenvalue weighted by Gasteiger charge is 2.28. The van der Waals surface area contributed by atoms with Crippen molar-refractivity contribution in [3.63, 3.8) is 0 Å². The summed E-state index contributed by atoms with van der Waals surface area (Å²) >= 11 is 0. The lowest BCUT2D eigenvalue weighted by molar-refractivity contribution is -0.137. The molecule has 2 aliphatic rings. The molecule has 0 amide bonds. The van der Waals surface area contributed by atoms with Gasteiger partial charge in [-0.3, -0.25) is 4.79 Å². The van der Waals surface area contributed by atoms with Gasteiger partial charge < -0.3 is 9.67 Å². The van der Waals surface area contributed by atoms with Crippen LogP contribution in [-0.2, 0) is 24.2 Å². The van der Waals surface area contributed by atoms with Crippen molar-refractivity contribution in [1.29, 1.82) is 0 Å². The van der Waals surface area contributed by atoms with Gasteiger partial charge in [-0.05, 0) is 25.7 Å². The molecule has 0 saturated heterocycles. The van der Waals surface area contributed by atoms with Crippen LogP contribution in [-0.4, -0.2) is 20.6 Å². The maximum atomic E-state index is 10.7. The van der Waals surface area contributed by atoms with E-state index in [1.807, 2.05) is 0 Å². The molecule has 0 bridgehead atoms. The van der Waals surface area contributed by atoms with E-state index in [1.54, 1.807) is 0 Å². The molecule has 3 rings (SSSR count). The summed E-state index contributed by atoms with van der Waals surface area (Å²) in [5, 5.41) is 8.80. The summed E-state index contributed by atoms with van der Waals surface area (Å²) in [5.41, 5.74) is 2.70. The van der Waals surface area contributed by atoms with E-state index in [0.717, 1.165) is 18.8 Å². The van der Waals surface area contributed by atoms with E-state index < -0.39 is 5.97 Å². The van der Waals surface area contributed by atoms with Crippen LogP contribution in [0.2, 0.25) is 0 Å². The minimum atomic E-state index is -0.729. The van der Waals surface area contributed by atoms with Gasteiger partial charge in [-0.25, -0.2) is 4.98 Å². The van der Waals surface area contributed by atoms with Crippen molar-refractivity contribution in [2.45, 2.75) is 63.8 Å². The minimum Gasteiger partial charge on any atom is -0.481 e. The summed E-state index contributed by atoms with van der Waals surface area (Å²) in [5.74, 6) is 0.919. The first kappa shape index (κ1) is 11.8. The largest absolute Gasteiger partial charge is 0.481 e. The minimum absolute atomic E-state index is 0.195. The molecular formula is C14H20N2O2. The third-order valence-corrected chi connectivity index (χ3v) is 4.28. The van der Waals surface area contributed by atoms with Crippen molar-refractivity contribution < 1.29 is 9.90 Å². The molecule has 4 nitrogen and oxygen atoms in total. The molecule has 2 heterocycles. The molecule has 1 aromatic heterocycles. The second-order valence-corrected chi connectivity index (χ2v) is 5.49. The monoisotopic (exact) mass is 248 g/mol. The molecule has 1 aromatic rings. The van der Waals surface area contributed by atoms with Crippen molar-refractivity contribution in [2.75, 3.05) is 0 Å². The van der Waals surface area contributed by atoms with Crippen molar-refractivity contribution >= 4 is 5.97 Å². The van der Waals surface area contributed by atoms with Crippen molar-refractivity contribution in [3.8, 4) is 0 Å². The number of carbonyl (C=O) groups is 1. The number of fused-ring (bicyclic) bond motifs is 1. The second kappa shape index (κ2) is 4.75. The zero-order valence-corrected chi connectivity index (χ0v) is 10.7. The predicted octanol–water partition coefficient (Wildman–Crippen LogP) is 2.50. The Morgan fingerprint density at radius 3 is 2.83 bits per heavy atom.